The van der Waals surface area contributed by atoms with Crippen LogP contribution in [0, 0.1) is 6.92 Å². The van der Waals surface area contributed by atoms with Gasteiger partial charge < -0.3 is 10.2 Å². The number of pyridine rings is 1. The highest BCUT2D eigenvalue weighted by Gasteiger charge is 2.14. The van der Waals surface area contributed by atoms with Crippen molar-refractivity contribution in [2.24, 2.45) is 0 Å². The van der Waals surface area contributed by atoms with E-state index in [1.165, 1.54) is 11.1 Å². The summed E-state index contributed by atoms with van der Waals surface area (Å²) >= 11 is 0. The van der Waals surface area contributed by atoms with Crippen molar-refractivity contribution >= 4 is 23.0 Å². The molecule has 2 aromatic carbocycles. The van der Waals surface area contributed by atoms with Crippen molar-refractivity contribution in [3.05, 3.63) is 83.7 Å². The SMILES string of the molecule is CCc1cccc(C)c1Nc1cncc(C(=O)N(C)c2ccccc2)c1. The van der Waals surface area contributed by atoms with Gasteiger partial charge in [0.1, 0.15) is 0 Å². The number of amides is 1. The van der Waals surface area contributed by atoms with E-state index in [9.17, 15) is 4.79 Å². The van der Waals surface area contributed by atoms with Crippen molar-refractivity contribution in [3.63, 3.8) is 0 Å². The van der Waals surface area contributed by atoms with E-state index in [1.54, 1.807) is 24.3 Å². The van der Waals surface area contributed by atoms with Crippen LogP contribution < -0.4 is 10.2 Å². The van der Waals surface area contributed by atoms with E-state index < -0.39 is 0 Å². The number of carbonyl (C=O) groups excluding carboxylic acids is 1. The number of nitrogens with zero attached hydrogens (tertiary/aromatic N) is 2. The van der Waals surface area contributed by atoms with Gasteiger partial charge in [-0.1, -0.05) is 43.3 Å². The summed E-state index contributed by atoms with van der Waals surface area (Å²) in [6.07, 6.45) is 4.28. The molecule has 0 spiro atoms. The summed E-state index contributed by atoms with van der Waals surface area (Å²) in [5.74, 6) is -0.0900. The molecule has 3 aromatic rings. The van der Waals surface area contributed by atoms with Crippen molar-refractivity contribution in [3.8, 4) is 0 Å². The molecule has 0 bridgehead atoms. The molecule has 1 aromatic heterocycles. The first-order chi connectivity index (χ1) is 12.6. The molecule has 26 heavy (non-hydrogen) atoms. The zero-order chi connectivity index (χ0) is 18.5. The molecule has 4 heteroatoms. The largest absolute Gasteiger partial charge is 0.354 e. The zero-order valence-electron chi connectivity index (χ0n) is 15.4. The first-order valence-corrected chi connectivity index (χ1v) is 8.74. The summed E-state index contributed by atoms with van der Waals surface area (Å²) in [6, 6.07) is 17.7. The highest BCUT2D eigenvalue weighted by atomic mass is 16.2. The molecule has 0 aliphatic rings. The minimum atomic E-state index is -0.0900. The van der Waals surface area contributed by atoms with Gasteiger partial charge in [-0.05, 0) is 42.7 Å². The Morgan fingerprint density at radius 3 is 2.58 bits per heavy atom. The number of hydrogen-bond donors (Lipinski definition) is 1. The zero-order valence-corrected chi connectivity index (χ0v) is 15.4. The Kier molecular flexibility index (Phi) is 5.32. The van der Waals surface area contributed by atoms with Gasteiger partial charge in [-0.3, -0.25) is 9.78 Å². The lowest BCUT2D eigenvalue weighted by Crippen LogP contribution is -2.26. The van der Waals surface area contributed by atoms with E-state index in [0.29, 0.717) is 5.56 Å². The molecule has 0 fully saturated rings. The Labute approximate surface area is 154 Å². The predicted octanol–water partition coefficient (Wildman–Crippen LogP) is 4.97. The highest BCUT2D eigenvalue weighted by Crippen LogP contribution is 2.26. The number of anilines is 3. The van der Waals surface area contributed by atoms with E-state index >= 15 is 0 Å². The number of para-hydroxylation sites is 2. The monoisotopic (exact) mass is 345 g/mol. The minimum Gasteiger partial charge on any atom is -0.354 e. The van der Waals surface area contributed by atoms with Crippen LogP contribution in [0.3, 0.4) is 0 Å². The van der Waals surface area contributed by atoms with Crippen LogP contribution in [0.4, 0.5) is 17.1 Å². The van der Waals surface area contributed by atoms with Gasteiger partial charge in [-0.2, -0.15) is 0 Å². The summed E-state index contributed by atoms with van der Waals surface area (Å²) in [6.45, 7) is 4.21. The number of rotatable bonds is 5. The first kappa shape index (κ1) is 17.7. The molecule has 0 atom stereocenters. The third-order valence-corrected chi connectivity index (χ3v) is 4.44. The molecule has 0 aliphatic carbocycles. The van der Waals surface area contributed by atoms with Gasteiger partial charge in [0.05, 0.1) is 17.4 Å². The maximum atomic E-state index is 12.8. The van der Waals surface area contributed by atoms with E-state index in [4.69, 9.17) is 0 Å². The fourth-order valence-corrected chi connectivity index (χ4v) is 2.93. The molecule has 0 radical (unpaired) electrons. The maximum absolute atomic E-state index is 12.8. The third-order valence-electron chi connectivity index (χ3n) is 4.44. The summed E-state index contributed by atoms with van der Waals surface area (Å²) < 4.78 is 0. The number of benzene rings is 2. The summed E-state index contributed by atoms with van der Waals surface area (Å²) in [4.78, 5) is 18.7. The Morgan fingerprint density at radius 1 is 1.08 bits per heavy atom. The van der Waals surface area contributed by atoms with E-state index in [0.717, 1.165) is 23.5 Å². The topological polar surface area (TPSA) is 45.2 Å². The van der Waals surface area contributed by atoms with Crippen LogP contribution in [0.2, 0.25) is 0 Å². The molecule has 4 nitrogen and oxygen atoms in total. The van der Waals surface area contributed by atoms with Gasteiger partial charge in [0.15, 0.2) is 0 Å². The van der Waals surface area contributed by atoms with Crippen LogP contribution in [-0.4, -0.2) is 17.9 Å². The van der Waals surface area contributed by atoms with Gasteiger partial charge in [-0.25, -0.2) is 0 Å². The second-order valence-electron chi connectivity index (χ2n) is 6.25. The van der Waals surface area contributed by atoms with Crippen LogP contribution in [-0.2, 0) is 6.42 Å². The molecule has 1 heterocycles. The van der Waals surface area contributed by atoms with Crippen molar-refractivity contribution in [2.75, 3.05) is 17.3 Å². The molecule has 0 unspecified atom stereocenters. The number of hydrogen-bond acceptors (Lipinski definition) is 3. The smallest absolute Gasteiger partial charge is 0.259 e. The quantitative estimate of drug-likeness (QED) is 0.710. The summed E-state index contributed by atoms with van der Waals surface area (Å²) in [5.41, 5.74) is 5.70. The number of aryl methyl sites for hydroxylation is 2. The maximum Gasteiger partial charge on any atom is 0.259 e. The Balaban J connectivity index is 1.86. The average Bonchev–Trinajstić information content (AvgIpc) is 2.69. The van der Waals surface area contributed by atoms with Crippen molar-refractivity contribution in [1.29, 1.82) is 0 Å². The number of nitrogens with one attached hydrogen (secondary N) is 1. The standard InChI is InChI=1S/C22H23N3O/c1-4-17-10-8-9-16(2)21(17)24-19-13-18(14-23-15-19)22(26)25(3)20-11-6-5-7-12-20/h5-15,24H,4H2,1-3H3. The van der Waals surface area contributed by atoms with Gasteiger partial charge in [0.25, 0.3) is 5.91 Å². The fraction of sp³-hybridized carbons (Fsp3) is 0.182. The van der Waals surface area contributed by atoms with Gasteiger partial charge in [0.2, 0.25) is 0 Å². The lowest BCUT2D eigenvalue weighted by atomic mass is 10.1. The second kappa shape index (κ2) is 7.83. The van der Waals surface area contributed by atoms with Crippen molar-refractivity contribution < 1.29 is 4.79 Å². The predicted molar refractivity (Wildman–Crippen MR) is 107 cm³/mol. The summed E-state index contributed by atoms with van der Waals surface area (Å²) in [5, 5.41) is 3.43. The third kappa shape index (κ3) is 3.75. The lowest BCUT2D eigenvalue weighted by molar-refractivity contribution is 0.0992. The van der Waals surface area contributed by atoms with Crippen molar-refractivity contribution in [2.45, 2.75) is 20.3 Å². The molecule has 0 saturated carbocycles. The lowest BCUT2D eigenvalue weighted by Gasteiger charge is -2.18. The molecule has 0 aliphatic heterocycles. The van der Waals surface area contributed by atoms with Crippen molar-refractivity contribution in [1.82, 2.24) is 4.98 Å². The molecule has 1 N–H and O–H groups in total. The van der Waals surface area contributed by atoms with E-state index in [-0.39, 0.29) is 5.91 Å². The van der Waals surface area contributed by atoms with Crippen LogP contribution >= 0.6 is 0 Å². The average molecular weight is 345 g/mol. The molecule has 3 rings (SSSR count). The highest BCUT2D eigenvalue weighted by molar-refractivity contribution is 6.06. The van der Waals surface area contributed by atoms with Gasteiger partial charge in [0, 0.05) is 24.6 Å². The Hall–Kier alpha value is -3.14. The van der Waals surface area contributed by atoms with Crippen LogP contribution in [0.25, 0.3) is 0 Å². The van der Waals surface area contributed by atoms with E-state index in [2.05, 4.69) is 42.3 Å². The van der Waals surface area contributed by atoms with Gasteiger partial charge in [-0.15, -0.1) is 0 Å². The van der Waals surface area contributed by atoms with Crippen LogP contribution in [0.5, 0.6) is 0 Å². The normalized spacial score (nSPS) is 10.4. The fourth-order valence-electron chi connectivity index (χ4n) is 2.93. The molecular formula is C22H23N3O. The minimum absolute atomic E-state index is 0.0900. The molecular weight excluding hydrogens is 322 g/mol. The molecule has 0 saturated heterocycles. The molecule has 1 amide bonds. The Bertz CT molecular complexity index is 906. The Morgan fingerprint density at radius 2 is 1.85 bits per heavy atom. The summed E-state index contributed by atoms with van der Waals surface area (Å²) in [7, 11) is 1.77. The molecule has 132 valence electrons. The number of aromatic nitrogens is 1. The van der Waals surface area contributed by atoms with Gasteiger partial charge >= 0.3 is 0 Å². The number of carbonyl (C=O) groups is 1. The van der Waals surface area contributed by atoms with Crippen LogP contribution in [0.1, 0.15) is 28.4 Å². The first-order valence-electron chi connectivity index (χ1n) is 8.74. The van der Waals surface area contributed by atoms with Crippen LogP contribution in [0.15, 0.2) is 67.0 Å². The second-order valence-corrected chi connectivity index (χ2v) is 6.25. The van der Waals surface area contributed by atoms with E-state index in [1.807, 2.05) is 36.4 Å².